The van der Waals surface area contributed by atoms with Crippen molar-refractivity contribution in [2.75, 3.05) is 32.6 Å². The molecule has 1 aromatic rings. The van der Waals surface area contributed by atoms with Crippen molar-refractivity contribution in [1.82, 2.24) is 4.90 Å². The van der Waals surface area contributed by atoms with E-state index in [1.165, 1.54) is 14.2 Å². The van der Waals surface area contributed by atoms with Crippen LogP contribution >= 0.6 is 0 Å². The first-order chi connectivity index (χ1) is 12.5. The van der Waals surface area contributed by atoms with Crippen LogP contribution in [-0.2, 0) is 4.79 Å². The Balaban J connectivity index is 2.39. The molecular formula is C20H30N2O4. The smallest absolute Gasteiger partial charge is 0.256 e. The Hall–Kier alpha value is -2.24. The van der Waals surface area contributed by atoms with Crippen molar-refractivity contribution in [1.29, 1.82) is 0 Å². The molecule has 1 saturated heterocycles. The fraction of sp³-hybridized carbons (Fsp3) is 0.600. The normalized spacial score (nSPS) is 14.3. The lowest BCUT2D eigenvalue weighted by Gasteiger charge is -2.28. The Bertz CT molecular complexity index is 635. The van der Waals surface area contributed by atoms with Crippen molar-refractivity contribution >= 4 is 17.5 Å². The highest BCUT2D eigenvalue weighted by atomic mass is 16.5. The number of carbonyl (C=O) groups excluding carboxylic acids is 2. The van der Waals surface area contributed by atoms with Crippen molar-refractivity contribution in [3.63, 3.8) is 0 Å². The molecule has 1 N–H and O–H groups in total. The number of hydrogen-bond acceptors (Lipinski definition) is 4. The van der Waals surface area contributed by atoms with Crippen molar-refractivity contribution in [3.8, 4) is 11.5 Å². The number of benzene rings is 1. The molecule has 0 aromatic heterocycles. The predicted molar refractivity (Wildman–Crippen MR) is 102 cm³/mol. The number of carbonyl (C=O) groups is 2. The van der Waals surface area contributed by atoms with E-state index >= 15 is 0 Å². The molecule has 0 aliphatic carbocycles. The van der Waals surface area contributed by atoms with Gasteiger partial charge in [-0.25, -0.2) is 0 Å². The second kappa shape index (κ2) is 9.46. The number of likely N-dealkylation sites (tertiary alicyclic amines) is 1. The number of piperidine rings is 1. The fourth-order valence-corrected chi connectivity index (χ4v) is 3.32. The summed E-state index contributed by atoms with van der Waals surface area (Å²) in [7, 11) is 3.08. The molecule has 0 bridgehead atoms. The third-order valence-electron chi connectivity index (χ3n) is 5.01. The average molecular weight is 362 g/mol. The second-order valence-corrected chi connectivity index (χ2v) is 6.61. The van der Waals surface area contributed by atoms with Crippen LogP contribution in [0.3, 0.4) is 0 Å². The molecule has 6 nitrogen and oxygen atoms in total. The number of nitrogens with zero attached hydrogens (tertiary/aromatic N) is 1. The summed E-state index contributed by atoms with van der Waals surface area (Å²) < 4.78 is 10.7. The molecular weight excluding hydrogens is 332 g/mol. The largest absolute Gasteiger partial charge is 0.493 e. The molecule has 0 atom stereocenters. The monoisotopic (exact) mass is 362 g/mol. The minimum absolute atomic E-state index is 0.0742. The van der Waals surface area contributed by atoms with E-state index in [-0.39, 0.29) is 17.7 Å². The number of hydrogen-bond donors (Lipinski definition) is 1. The summed E-state index contributed by atoms with van der Waals surface area (Å²) in [6, 6.07) is 3.34. The predicted octanol–water partition coefficient (Wildman–Crippen LogP) is 3.70. The van der Waals surface area contributed by atoms with Crippen molar-refractivity contribution in [2.24, 2.45) is 5.92 Å². The first-order valence-electron chi connectivity index (χ1n) is 9.41. The van der Waals surface area contributed by atoms with Crippen LogP contribution in [0.5, 0.6) is 11.5 Å². The van der Waals surface area contributed by atoms with Crippen molar-refractivity contribution in [3.05, 3.63) is 17.7 Å². The second-order valence-electron chi connectivity index (χ2n) is 6.61. The van der Waals surface area contributed by atoms with Crippen LogP contribution in [0.4, 0.5) is 5.69 Å². The van der Waals surface area contributed by atoms with Gasteiger partial charge in [-0.2, -0.15) is 0 Å². The molecule has 0 saturated carbocycles. The highest BCUT2D eigenvalue weighted by Gasteiger charge is 2.25. The molecule has 6 heteroatoms. The molecule has 26 heavy (non-hydrogen) atoms. The van der Waals surface area contributed by atoms with Crippen LogP contribution in [0.1, 0.15) is 56.3 Å². The summed E-state index contributed by atoms with van der Waals surface area (Å²) in [4.78, 5) is 27.5. The molecule has 0 spiro atoms. The summed E-state index contributed by atoms with van der Waals surface area (Å²) >= 11 is 0. The number of amides is 2. The fourth-order valence-electron chi connectivity index (χ4n) is 3.32. The number of ether oxygens (including phenoxy) is 2. The first kappa shape index (κ1) is 20.1. The van der Waals surface area contributed by atoms with Gasteiger partial charge >= 0.3 is 0 Å². The van der Waals surface area contributed by atoms with Gasteiger partial charge in [0.1, 0.15) is 0 Å². The van der Waals surface area contributed by atoms with Gasteiger partial charge in [0.15, 0.2) is 11.5 Å². The van der Waals surface area contributed by atoms with Gasteiger partial charge in [-0.1, -0.05) is 13.8 Å². The summed E-state index contributed by atoms with van der Waals surface area (Å²) in [5, 5.41) is 2.94. The van der Waals surface area contributed by atoms with Crippen LogP contribution in [0.15, 0.2) is 12.1 Å². The van der Waals surface area contributed by atoms with E-state index in [2.05, 4.69) is 5.32 Å². The Kier molecular flexibility index (Phi) is 7.30. The molecule has 1 aliphatic rings. The Labute approximate surface area is 155 Å². The van der Waals surface area contributed by atoms with Crippen LogP contribution < -0.4 is 14.8 Å². The highest BCUT2D eigenvalue weighted by Crippen LogP contribution is 2.34. The van der Waals surface area contributed by atoms with Gasteiger partial charge < -0.3 is 19.7 Å². The molecule has 1 aromatic carbocycles. The maximum atomic E-state index is 13.1. The molecule has 1 heterocycles. The third kappa shape index (κ3) is 4.48. The molecule has 2 rings (SSSR count). The summed E-state index contributed by atoms with van der Waals surface area (Å²) in [6.45, 7) is 5.46. The van der Waals surface area contributed by atoms with E-state index in [0.29, 0.717) is 22.7 Å². The van der Waals surface area contributed by atoms with Gasteiger partial charge in [-0.3, -0.25) is 9.59 Å². The van der Waals surface area contributed by atoms with E-state index in [9.17, 15) is 9.59 Å². The molecule has 144 valence electrons. The van der Waals surface area contributed by atoms with E-state index in [1.807, 2.05) is 18.7 Å². The number of anilines is 1. The Morgan fingerprint density at radius 2 is 1.62 bits per heavy atom. The quantitative estimate of drug-likeness (QED) is 0.803. The van der Waals surface area contributed by atoms with Gasteiger partial charge in [0.05, 0.1) is 25.5 Å². The molecule has 0 unspecified atom stereocenters. The topological polar surface area (TPSA) is 67.9 Å². The van der Waals surface area contributed by atoms with Gasteiger partial charge in [0.2, 0.25) is 5.91 Å². The average Bonchev–Trinajstić information content (AvgIpc) is 2.68. The van der Waals surface area contributed by atoms with Gasteiger partial charge in [0, 0.05) is 25.1 Å². The van der Waals surface area contributed by atoms with E-state index in [0.717, 1.165) is 45.2 Å². The van der Waals surface area contributed by atoms with Gasteiger partial charge in [0.25, 0.3) is 5.91 Å². The van der Waals surface area contributed by atoms with Crippen LogP contribution in [0.25, 0.3) is 0 Å². The lowest BCUT2D eigenvalue weighted by molar-refractivity contribution is -0.120. The van der Waals surface area contributed by atoms with E-state index in [4.69, 9.17) is 9.47 Å². The van der Waals surface area contributed by atoms with E-state index in [1.54, 1.807) is 12.1 Å². The molecule has 1 fully saturated rings. The number of nitrogens with one attached hydrogen (secondary N) is 1. The summed E-state index contributed by atoms with van der Waals surface area (Å²) in [5.74, 6) is 0.734. The minimum atomic E-state index is -0.0824. The Morgan fingerprint density at radius 1 is 1.04 bits per heavy atom. The maximum Gasteiger partial charge on any atom is 0.256 e. The molecule has 2 amide bonds. The van der Waals surface area contributed by atoms with Gasteiger partial charge in [-0.15, -0.1) is 0 Å². The SMILES string of the molecule is CCC(CC)C(=O)Nc1cc(OC)c(OC)cc1C(=O)N1CCCCC1. The third-order valence-corrected chi connectivity index (χ3v) is 5.01. The van der Waals surface area contributed by atoms with E-state index < -0.39 is 0 Å². The van der Waals surface area contributed by atoms with Gasteiger partial charge in [-0.05, 0) is 38.2 Å². The highest BCUT2D eigenvalue weighted by molar-refractivity contribution is 6.05. The molecule has 0 radical (unpaired) electrons. The van der Waals surface area contributed by atoms with Crippen LogP contribution in [-0.4, -0.2) is 44.0 Å². The van der Waals surface area contributed by atoms with Crippen molar-refractivity contribution < 1.29 is 19.1 Å². The first-order valence-corrected chi connectivity index (χ1v) is 9.41. The minimum Gasteiger partial charge on any atom is -0.493 e. The zero-order valence-electron chi connectivity index (χ0n) is 16.3. The zero-order valence-corrected chi connectivity index (χ0v) is 16.3. The Morgan fingerprint density at radius 3 is 2.15 bits per heavy atom. The number of methoxy groups -OCH3 is 2. The standard InChI is InChI=1S/C20H30N2O4/c1-5-14(6-2)19(23)21-16-13-18(26-4)17(25-3)12-15(16)20(24)22-10-8-7-9-11-22/h12-14H,5-11H2,1-4H3,(H,21,23). The lowest BCUT2D eigenvalue weighted by atomic mass is 10.0. The lowest BCUT2D eigenvalue weighted by Crippen LogP contribution is -2.36. The zero-order chi connectivity index (χ0) is 19.1. The summed E-state index contributed by atoms with van der Waals surface area (Å²) in [5.41, 5.74) is 0.930. The van der Waals surface area contributed by atoms with Crippen LogP contribution in [0, 0.1) is 5.92 Å². The van der Waals surface area contributed by atoms with Crippen LogP contribution in [0.2, 0.25) is 0 Å². The molecule has 1 aliphatic heterocycles. The maximum absolute atomic E-state index is 13.1. The number of rotatable bonds is 7. The van der Waals surface area contributed by atoms with Crippen molar-refractivity contribution in [2.45, 2.75) is 46.0 Å². The summed E-state index contributed by atoms with van der Waals surface area (Å²) in [6.07, 6.45) is 4.67.